The van der Waals surface area contributed by atoms with E-state index in [1.165, 1.54) is 22.9 Å². The highest BCUT2D eigenvalue weighted by molar-refractivity contribution is 6.33. The fourth-order valence-electron chi connectivity index (χ4n) is 3.02. The van der Waals surface area contributed by atoms with E-state index in [9.17, 15) is 9.18 Å². The molecule has 9 heteroatoms. The maximum absolute atomic E-state index is 13.4. The zero-order chi connectivity index (χ0) is 22.5. The summed E-state index contributed by atoms with van der Waals surface area (Å²) in [6.07, 6.45) is 1.55. The number of carbonyl (C=O) groups excluding carboxylic acids is 1. The maximum Gasteiger partial charge on any atom is 0.292 e. The van der Waals surface area contributed by atoms with Gasteiger partial charge in [0.15, 0.2) is 23.1 Å². The number of hydrogen-bond acceptors (Lipinski definition) is 5. The minimum atomic E-state index is -0.508. The van der Waals surface area contributed by atoms with Crippen molar-refractivity contribution in [2.45, 2.75) is 13.2 Å². The molecule has 4 rings (SSSR count). The molecular weight excluding hydrogens is 437 g/mol. The lowest BCUT2D eigenvalue weighted by atomic mass is 10.2. The second kappa shape index (κ2) is 9.57. The normalized spacial score (nSPS) is 10.7. The molecule has 2 aromatic carbocycles. The zero-order valence-electron chi connectivity index (χ0n) is 17.0. The van der Waals surface area contributed by atoms with Crippen LogP contribution in [0, 0.1) is 5.82 Å². The minimum absolute atomic E-state index is 0.0828. The summed E-state index contributed by atoms with van der Waals surface area (Å²) < 4.78 is 31.4. The summed E-state index contributed by atoms with van der Waals surface area (Å²) >= 11 is 6.19. The molecule has 7 nitrogen and oxygen atoms in total. The van der Waals surface area contributed by atoms with Crippen LogP contribution >= 0.6 is 11.6 Å². The third-order valence-corrected chi connectivity index (χ3v) is 4.78. The summed E-state index contributed by atoms with van der Waals surface area (Å²) in [4.78, 5) is 12.5. The number of benzene rings is 2. The molecule has 4 aromatic rings. The topological polar surface area (TPSA) is 78.5 Å². The fraction of sp³-hybridized carbons (Fsp3) is 0.130. The highest BCUT2D eigenvalue weighted by Gasteiger charge is 2.16. The molecule has 0 aliphatic carbocycles. The third kappa shape index (κ3) is 5.09. The molecule has 164 valence electrons. The number of nitrogens with one attached hydrogen (secondary N) is 1. The monoisotopic (exact) mass is 455 g/mol. The molecule has 32 heavy (non-hydrogen) atoms. The van der Waals surface area contributed by atoms with E-state index in [2.05, 4.69) is 10.4 Å². The van der Waals surface area contributed by atoms with Crippen LogP contribution in [0.4, 0.5) is 10.2 Å². The van der Waals surface area contributed by atoms with Gasteiger partial charge in [-0.3, -0.25) is 9.48 Å². The van der Waals surface area contributed by atoms with Gasteiger partial charge in [0.2, 0.25) is 0 Å². The van der Waals surface area contributed by atoms with Gasteiger partial charge < -0.3 is 19.2 Å². The second-order valence-corrected chi connectivity index (χ2v) is 7.22. The maximum atomic E-state index is 13.4. The lowest BCUT2D eigenvalue weighted by Crippen LogP contribution is -2.12. The number of aromatic nitrogens is 2. The van der Waals surface area contributed by atoms with Crippen molar-refractivity contribution in [1.82, 2.24) is 9.78 Å². The van der Waals surface area contributed by atoms with E-state index in [4.69, 9.17) is 25.5 Å². The molecule has 1 N–H and O–H groups in total. The van der Waals surface area contributed by atoms with Crippen LogP contribution < -0.4 is 14.8 Å². The highest BCUT2D eigenvalue weighted by Crippen LogP contribution is 2.27. The Hall–Kier alpha value is -3.78. The molecule has 2 aromatic heterocycles. The van der Waals surface area contributed by atoms with Crippen LogP contribution in [0.25, 0.3) is 0 Å². The number of para-hydroxylation sites is 2. The number of furan rings is 1. The van der Waals surface area contributed by atoms with Crippen molar-refractivity contribution in [3.05, 3.63) is 94.8 Å². The summed E-state index contributed by atoms with van der Waals surface area (Å²) in [6, 6.07) is 16.6. The quantitative estimate of drug-likeness (QED) is 0.397. The van der Waals surface area contributed by atoms with Crippen molar-refractivity contribution in [3.8, 4) is 11.5 Å². The van der Waals surface area contributed by atoms with Gasteiger partial charge in [-0.2, -0.15) is 5.10 Å². The number of hydrogen-bond donors (Lipinski definition) is 1. The van der Waals surface area contributed by atoms with Crippen LogP contribution in [0.15, 0.2) is 71.3 Å². The van der Waals surface area contributed by atoms with E-state index >= 15 is 0 Å². The first-order valence-corrected chi connectivity index (χ1v) is 10.0. The van der Waals surface area contributed by atoms with Gasteiger partial charge in [0.1, 0.15) is 23.2 Å². The van der Waals surface area contributed by atoms with Crippen LogP contribution in [0.2, 0.25) is 5.02 Å². The molecule has 0 bridgehead atoms. The van der Waals surface area contributed by atoms with Gasteiger partial charge in [0, 0.05) is 6.20 Å². The third-order valence-electron chi connectivity index (χ3n) is 4.51. The molecule has 0 saturated heterocycles. The van der Waals surface area contributed by atoms with Crippen LogP contribution in [-0.4, -0.2) is 22.8 Å². The molecule has 0 radical (unpaired) electrons. The summed E-state index contributed by atoms with van der Waals surface area (Å²) in [5.41, 5.74) is 0.716. The lowest BCUT2D eigenvalue weighted by Gasteiger charge is -2.08. The Balaban J connectivity index is 1.38. The number of methoxy groups -OCH3 is 1. The molecule has 0 fully saturated rings. The van der Waals surface area contributed by atoms with Gasteiger partial charge in [-0.1, -0.05) is 35.9 Å². The average molecular weight is 456 g/mol. The van der Waals surface area contributed by atoms with Gasteiger partial charge in [0.05, 0.1) is 13.7 Å². The van der Waals surface area contributed by atoms with Crippen molar-refractivity contribution in [3.63, 3.8) is 0 Å². The Morgan fingerprint density at radius 2 is 1.97 bits per heavy atom. The van der Waals surface area contributed by atoms with Crippen LogP contribution in [0.3, 0.4) is 0 Å². The molecule has 0 unspecified atom stereocenters. The average Bonchev–Trinajstić information content (AvgIpc) is 3.39. The van der Waals surface area contributed by atoms with Crippen molar-refractivity contribution < 1.29 is 23.1 Å². The molecule has 0 aliphatic rings. The van der Waals surface area contributed by atoms with E-state index in [1.54, 1.807) is 43.6 Å². The smallest absolute Gasteiger partial charge is 0.292 e. The number of ether oxygens (including phenoxy) is 2. The Morgan fingerprint density at radius 3 is 2.75 bits per heavy atom. The second-order valence-electron chi connectivity index (χ2n) is 6.81. The summed E-state index contributed by atoms with van der Waals surface area (Å²) in [7, 11) is 1.56. The standard InChI is InChI=1S/C23H19ClFN3O4/c1-30-19-7-2-3-8-20(19)31-14-17-9-10-21(32-17)23(29)26-22-18(24)13-28(27-22)12-15-5-4-6-16(25)11-15/h2-11,13H,12,14H2,1H3,(H,26,27,29). The first-order valence-electron chi connectivity index (χ1n) is 9.65. The highest BCUT2D eigenvalue weighted by atomic mass is 35.5. The molecule has 0 atom stereocenters. The molecule has 0 saturated carbocycles. The van der Waals surface area contributed by atoms with Crippen LogP contribution in [0.1, 0.15) is 21.9 Å². The van der Waals surface area contributed by atoms with Crippen LogP contribution in [-0.2, 0) is 13.2 Å². The van der Waals surface area contributed by atoms with Gasteiger partial charge in [0.25, 0.3) is 5.91 Å². The van der Waals surface area contributed by atoms with Crippen molar-refractivity contribution >= 4 is 23.3 Å². The number of anilines is 1. The van der Waals surface area contributed by atoms with Crippen molar-refractivity contribution in [1.29, 1.82) is 0 Å². The fourth-order valence-corrected chi connectivity index (χ4v) is 3.22. The SMILES string of the molecule is COc1ccccc1OCc1ccc(C(=O)Nc2nn(Cc3cccc(F)c3)cc2Cl)o1. The Morgan fingerprint density at radius 1 is 1.16 bits per heavy atom. The van der Waals surface area contributed by atoms with Gasteiger partial charge in [-0.25, -0.2) is 4.39 Å². The van der Waals surface area contributed by atoms with E-state index in [0.717, 1.165) is 0 Å². The number of carbonyl (C=O) groups is 1. The Bertz CT molecular complexity index is 1240. The van der Waals surface area contributed by atoms with Crippen molar-refractivity contribution in [2.24, 2.45) is 0 Å². The molecule has 0 aliphatic heterocycles. The molecule has 0 spiro atoms. The lowest BCUT2D eigenvalue weighted by molar-refractivity contribution is 0.0992. The minimum Gasteiger partial charge on any atom is -0.493 e. The number of rotatable bonds is 8. The first kappa shape index (κ1) is 21.5. The zero-order valence-corrected chi connectivity index (χ0v) is 17.8. The number of amides is 1. The van der Waals surface area contributed by atoms with E-state index in [0.29, 0.717) is 29.4 Å². The Kier molecular flexibility index (Phi) is 6.42. The van der Waals surface area contributed by atoms with E-state index in [1.807, 2.05) is 12.1 Å². The van der Waals surface area contributed by atoms with Crippen molar-refractivity contribution in [2.75, 3.05) is 12.4 Å². The number of halogens is 2. The Labute approximate surface area is 188 Å². The van der Waals surface area contributed by atoms with Gasteiger partial charge in [-0.15, -0.1) is 0 Å². The predicted octanol–water partition coefficient (Wildman–Crippen LogP) is 5.16. The molecule has 2 heterocycles. The summed E-state index contributed by atoms with van der Waals surface area (Å²) in [6.45, 7) is 0.426. The first-order chi connectivity index (χ1) is 15.5. The molecule has 1 amide bonds. The van der Waals surface area contributed by atoms with Gasteiger partial charge in [-0.05, 0) is 42.0 Å². The van der Waals surface area contributed by atoms with E-state index in [-0.39, 0.29) is 29.0 Å². The van der Waals surface area contributed by atoms with Crippen LogP contribution in [0.5, 0.6) is 11.5 Å². The van der Waals surface area contributed by atoms with Gasteiger partial charge >= 0.3 is 0 Å². The molecular formula is C23H19ClFN3O4. The predicted molar refractivity (Wildman–Crippen MR) is 117 cm³/mol. The summed E-state index contributed by atoms with van der Waals surface area (Å²) in [5, 5.41) is 7.12. The number of nitrogens with zero attached hydrogens (tertiary/aromatic N) is 2. The largest absolute Gasteiger partial charge is 0.493 e. The summed E-state index contributed by atoms with van der Waals surface area (Å²) in [5.74, 6) is 1.04. The van der Waals surface area contributed by atoms with E-state index < -0.39 is 5.91 Å².